The summed E-state index contributed by atoms with van der Waals surface area (Å²) in [6, 6.07) is 4.12. The smallest absolute Gasteiger partial charge is 0.252 e. The summed E-state index contributed by atoms with van der Waals surface area (Å²) in [4.78, 5) is 11.8. The number of unbranched alkanes of at least 4 members (excludes halogenated alkanes) is 1. The van der Waals surface area contributed by atoms with Gasteiger partial charge in [-0.25, -0.2) is 4.39 Å². The van der Waals surface area contributed by atoms with Crippen LogP contribution in [0.1, 0.15) is 30.1 Å². The zero-order valence-electron chi connectivity index (χ0n) is 10.3. The molecule has 1 amide bonds. The van der Waals surface area contributed by atoms with E-state index in [0.29, 0.717) is 22.3 Å². The van der Waals surface area contributed by atoms with E-state index in [1.165, 1.54) is 18.2 Å². The molecule has 0 saturated heterocycles. The van der Waals surface area contributed by atoms with Crippen LogP contribution in [0.25, 0.3) is 0 Å². The number of rotatable bonds is 7. The van der Waals surface area contributed by atoms with E-state index in [1.807, 2.05) is 22.6 Å². The van der Waals surface area contributed by atoms with E-state index in [-0.39, 0.29) is 11.7 Å². The molecule has 0 aliphatic carbocycles. The predicted molar refractivity (Wildman–Crippen MR) is 77.2 cm³/mol. The van der Waals surface area contributed by atoms with Gasteiger partial charge in [-0.15, -0.1) is 0 Å². The lowest BCUT2D eigenvalue weighted by atomic mass is 10.2. The molecule has 0 fully saturated rings. The fourth-order valence-electron chi connectivity index (χ4n) is 1.35. The van der Waals surface area contributed by atoms with Crippen molar-refractivity contribution in [1.29, 1.82) is 0 Å². The van der Waals surface area contributed by atoms with Gasteiger partial charge in [0.05, 0.1) is 12.2 Å². The molecule has 0 atom stereocenters. The van der Waals surface area contributed by atoms with Gasteiger partial charge in [-0.3, -0.25) is 4.79 Å². The number of carbonyl (C=O) groups excluding carboxylic acids is 1. The maximum Gasteiger partial charge on any atom is 0.252 e. The Kier molecular flexibility index (Phi) is 7.19. The van der Waals surface area contributed by atoms with E-state index >= 15 is 0 Å². The highest BCUT2D eigenvalue weighted by molar-refractivity contribution is 14.1. The molecule has 1 N–H and O–H groups in total. The maximum atomic E-state index is 12.9. The molecule has 0 aliphatic heterocycles. The molecule has 0 spiro atoms. The number of carbonyl (C=O) groups is 1. The quantitative estimate of drug-likeness (QED) is 0.596. The number of benzene rings is 1. The Morgan fingerprint density at radius 1 is 1.44 bits per heavy atom. The van der Waals surface area contributed by atoms with Crippen LogP contribution in [0.15, 0.2) is 18.2 Å². The fraction of sp³-hybridized carbons (Fsp3) is 0.462. The minimum absolute atomic E-state index is 0.196. The molecule has 0 aliphatic rings. The highest BCUT2D eigenvalue weighted by Gasteiger charge is 2.09. The van der Waals surface area contributed by atoms with Gasteiger partial charge in [0.15, 0.2) is 0 Å². The number of hydrogen-bond acceptors (Lipinski definition) is 2. The van der Waals surface area contributed by atoms with E-state index < -0.39 is 0 Å². The van der Waals surface area contributed by atoms with Gasteiger partial charge in [-0.2, -0.15) is 0 Å². The molecule has 0 radical (unpaired) electrons. The van der Waals surface area contributed by atoms with E-state index in [9.17, 15) is 9.18 Å². The molecular formula is C13H17FINO2. The van der Waals surface area contributed by atoms with E-state index in [2.05, 4.69) is 12.2 Å². The molecule has 0 bridgehead atoms. The average molecular weight is 365 g/mol. The maximum absolute atomic E-state index is 12.9. The first-order valence-electron chi connectivity index (χ1n) is 5.96. The van der Waals surface area contributed by atoms with Crippen LogP contribution in [0.3, 0.4) is 0 Å². The molecule has 0 aromatic heterocycles. The average Bonchev–Trinajstić information content (AvgIpc) is 2.33. The second kappa shape index (κ2) is 8.42. The standard InChI is InChI=1S/C13H17FINO2/c1-2-3-7-18-8-6-16-13(17)11-5-4-10(14)9-12(11)15/h4-5,9H,2-3,6-8H2,1H3,(H,16,17). The molecule has 5 heteroatoms. The summed E-state index contributed by atoms with van der Waals surface area (Å²) in [7, 11) is 0. The topological polar surface area (TPSA) is 38.3 Å². The van der Waals surface area contributed by atoms with Crippen LogP contribution in [0.2, 0.25) is 0 Å². The van der Waals surface area contributed by atoms with Crippen LogP contribution in [-0.4, -0.2) is 25.7 Å². The summed E-state index contributed by atoms with van der Waals surface area (Å²) in [5.41, 5.74) is 0.491. The van der Waals surface area contributed by atoms with Gasteiger partial charge in [0.25, 0.3) is 5.91 Å². The summed E-state index contributed by atoms with van der Waals surface area (Å²) >= 11 is 1.95. The Balaban J connectivity index is 2.32. The first-order chi connectivity index (χ1) is 8.65. The minimum atomic E-state index is -0.334. The van der Waals surface area contributed by atoms with Gasteiger partial charge < -0.3 is 10.1 Å². The first kappa shape index (κ1) is 15.4. The van der Waals surface area contributed by atoms with Gasteiger partial charge in [0, 0.05) is 16.7 Å². The molecule has 0 heterocycles. The molecule has 1 rings (SSSR count). The van der Waals surface area contributed by atoms with Crippen LogP contribution in [0.4, 0.5) is 4.39 Å². The second-order valence-electron chi connectivity index (χ2n) is 3.85. The van der Waals surface area contributed by atoms with Crippen LogP contribution in [-0.2, 0) is 4.74 Å². The highest BCUT2D eigenvalue weighted by atomic mass is 127. The van der Waals surface area contributed by atoms with Crippen molar-refractivity contribution < 1.29 is 13.9 Å². The monoisotopic (exact) mass is 365 g/mol. The van der Waals surface area contributed by atoms with E-state index in [1.54, 1.807) is 0 Å². The largest absolute Gasteiger partial charge is 0.380 e. The summed E-state index contributed by atoms with van der Waals surface area (Å²) in [6.07, 6.45) is 2.13. The zero-order chi connectivity index (χ0) is 13.4. The van der Waals surface area contributed by atoms with Crippen molar-refractivity contribution in [2.75, 3.05) is 19.8 Å². The Bertz CT molecular complexity index is 399. The third kappa shape index (κ3) is 5.30. The van der Waals surface area contributed by atoms with Crippen molar-refractivity contribution in [2.24, 2.45) is 0 Å². The summed E-state index contributed by atoms with van der Waals surface area (Å²) in [6.45, 7) is 3.79. The summed E-state index contributed by atoms with van der Waals surface area (Å²) in [5, 5.41) is 2.74. The Labute approximate surface area is 120 Å². The number of hydrogen-bond donors (Lipinski definition) is 1. The van der Waals surface area contributed by atoms with Gasteiger partial charge in [-0.1, -0.05) is 13.3 Å². The molecular weight excluding hydrogens is 348 g/mol. The van der Waals surface area contributed by atoms with Gasteiger partial charge in [-0.05, 0) is 47.2 Å². The Morgan fingerprint density at radius 3 is 2.89 bits per heavy atom. The highest BCUT2D eigenvalue weighted by Crippen LogP contribution is 2.13. The van der Waals surface area contributed by atoms with Crippen molar-refractivity contribution in [2.45, 2.75) is 19.8 Å². The predicted octanol–water partition coefficient (Wildman–Crippen LogP) is 2.98. The second-order valence-corrected chi connectivity index (χ2v) is 5.01. The third-order valence-corrected chi connectivity index (χ3v) is 3.24. The van der Waals surface area contributed by atoms with E-state index in [4.69, 9.17) is 4.74 Å². The number of amides is 1. The molecule has 1 aromatic carbocycles. The lowest BCUT2D eigenvalue weighted by Crippen LogP contribution is -2.28. The van der Waals surface area contributed by atoms with Crippen molar-refractivity contribution in [1.82, 2.24) is 5.32 Å². The van der Waals surface area contributed by atoms with Crippen LogP contribution >= 0.6 is 22.6 Å². The van der Waals surface area contributed by atoms with E-state index in [0.717, 1.165) is 19.4 Å². The summed E-state index contributed by atoms with van der Waals surface area (Å²) < 4.78 is 18.8. The normalized spacial score (nSPS) is 10.4. The van der Waals surface area contributed by atoms with Crippen LogP contribution in [0, 0.1) is 9.39 Å². The third-order valence-electron chi connectivity index (χ3n) is 2.35. The number of halogens is 2. The molecule has 1 aromatic rings. The number of nitrogens with one attached hydrogen (secondary N) is 1. The van der Waals surface area contributed by atoms with Gasteiger partial charge >= 0.3 is 0 Å². The molecule has 3 nitrogen and oxygen atoms in total. The zero-order valence-corrected chi connectivity index (χ0v) is 12.5. The minimum Gasteiger partial charge on any atom is -0.380 e. The van der Waals surface area contributed by atoms with Gasteiger partial charge in [0.1, 0.15) is 5.82 Å². The SMILES string of the molecule is CCCCOCCNC(=O)c1ccc(F)cc1I. The molecule has 0 saturated carbocycles. The first-order valence-corrected chi connectivity index (χ1v) is 7.04. The number of ether oxygens (including phenoxy) is 1. The van der Waals surface area contributed by atoms with Crippen LogP contribution < -0.4 is 5.32 Å². The van der Waals surface area contributed by atoms with Crippen LogP contribution in [0.5, 0.6) is 0 Å². The Hall–Kier alpha value is -0.690. The molecule has 100 valence electrons. The van der Waals surface area contributed by atoms with Crippen molar-refractivity contribution in [3.05, 3.63) is 33.1 Å². The molecule has 18 heavy (non-hydrogen) atoms. The van der Waals surface area contributed by atoms with Crippen molar-refractivity contribution >= 4 is 28.5 Å². The van der Waals surface area contributed by atoms with Crippen molar-refractivity contribution in [3.63, 3.8) is 0 Å². The fourth-order valence-corrected chi connectivity index (χ4v) is 2.08. The lowest BCUT2D eigenvalue weighted by molar-refractivity contribution is 0.0912. The summed E-state index contributed by atoms with van der Waals surface area (Å²) in [5.74, 6) is -0.530. The Morgan fingerprint density at radius 2 is 2.22 bits per heavy atom. The van der Waals surface area contributed by atoms with Gasteiger partial charge in [0.2, 0.25) is 0 Å². The van der Waals surface area contributed by atoms with Crippen molar-refractivity contribution in [3.8, 4) is 0 Å². The molecule has 0 unspecified atom stereocenters. The lowest BCUT2D eigenvalue weighted by Gasteiger charge is -2.07.